The highest BCUT2D eigenvalue weighted by atomic mass is 16.5. The number of amides is 2. The van der Waals surface area contributed by atoms with Gasteiger partial charge in [0.2, 0.25) is 5.91 Å². The summed E-state index contributed by atoms with van der Waals surface area (Å²) in [5, 5.41) is 5.18. The van der Waals surface area contributed by atoms with E-state index in [2.05, 4.69) is 10.2 Å². The molecular weight excluding hydrogens is 390 g/mol. The average molecular weight is 418 g/mol. The monoisotopic (exact) mass is 417 g/mol. The Kier molecular flexibility index (Phi) is 6.36. The smallest absolute Gasteiger partial charge is 0.262 e. The van der Waals surface area contributed by atoms with Crippen LogP contribution in [0.1, 0.15) is 13.3 Å². The molecule has 6 heteroatoms. The van der Waals surface area contributed by atoms with Gasteiger partial charge in [0, 0.05) is 32.6 Å². The summed E-state index contributed by atoms with van der Waals surface area (Å²) in [6.45, 7) is 4.70. The molecule has 0 spiro atoms. The van der Waals surface area contributed by atoms with Crippen molar-refractivity contribution in [3.8, 4) is 5.75 Å². The number of ether oxygens (including phenoxy) is 1. The zero-order valence-electron chi connectivity index (χ0n) is 17.7. The Balaban J connectivity index is 1.37. The van der Waals surface area contributed by atoms with Gasteiger partial charge < -0.3 is 19.9 Å². The first-order valence-corrected chi connectivity index (χ1v) is 10.7. The second kappa shape index (κ2) is 9.51. The van der Waals surface area contributed by atoms with E-state index >= 15 is 0 Å². The number of anilines is 2. The Bertz CT molecular complexity index is 1070. The Morgan fingerprint density at radius 1 is 0.903 bits per heavy atom. The van der Waals surface area contributed by atoms with Crippen molar-refractivity contribution in [3.63, 3.8) is 0 Å². The van der Waals surface area contributed by atoms with Crippen molar-refractivity contribution in [2.75, 3.05) is 43.0 Å². The van der Waals surface area contributed by atoms with Crippen molar-refractivity contribution in [2.24, 2.45) is 0 Å². The number of hydrogen-bond donors (Lipinski definition) is 1. The Labute approximate surface area is 182 Å². The summed E-state index contributed by atoms with van der Waals surface area (Å²) in [6.07, 6.45) is 0.532. The lowest BCUT2D eigenvalue weighted by Gasteiger charge is -2.36. The number of benzene rings is 3. The van der Waals surface area contributed by atoms with E-state index in [4.69, 9.17) is 4.74 Å². The molecule has 1 heterocycles. The first-order chi connectivity index (χ1) is 15.1. The summed E-state index contributed by atoms with van der Waals surface area (Å²) < 4.78 is 5.72. The van der Waals surface area contributed by atoms with Crippen LogP contribution in [-0.4, -0.2) is 49.5 Å². The van der Waals surface area contributed by atoms with Gasteiger partial charge in [-0.2, -0.15) is 0 Å². The minimum Gasteiger partial charge on any atom is -0.484 e. The van der Waals surface area contributed by atoms with Gasteiger partial charge in [-0.05, 0) is 35.0 Å². The molecule has 0 saturated carbocycles. The van der Waals surface area contributed by atoms with Crippen molar-refractivity contribution in [2.45, 2.75) is 13.3 Å². The molecule has 1 N–H and O–H groups in total. The lowest BCUT2D eigenvalue weighted by atomic mass is 10.1. The molecule has 1 aliphatic rings. The fourth-order valence-electron chi connectivity index (χ4n) is 3.87. The number of carbonyl (C=O) groups excluding carboxylic acids is 2. The Morgan fingerprint density at radius 2 is 1.61 bits per heavy atom. The normalized spacial score (nSPS) is 13.8. The van der Waals surface area contributed by atoms with E-state index in [1.807, 2.05) is 78.6 Å². The molecular formula is C25H27N3O3. The van der Waals surface area contributed by atoms with Crippen LogP contribution in [0.3, 0.4) is 0 Å². The highest BCUT2D eigenvalue weighted by molar-refractivity contribution is 5.95. The molecule has 3 aromatic carbocycles. The number of rotatable bonds is 6. The number of para-hydroxylation sites is 2. The van der Waals surface area contributed by atoms with Gasteiger partial charge in [0.15, 0.2) is 6.61 Å². The van der Waals surface area contributed by atoms with E-state index in [0.29, 0.717) is 25.3 Å². The molecule has 1 saturated heterocycles. The summed E-state index contributed by atoms with van der Waals surface area (Å²) >= 11 is 0. The van der Waals surface area contributed by atoms with Crippen LogP contribution in [0, 0.1) is 0 Å². The molecule has 3 aromatic rings. The van der Waals surface area contributed by atoms with E-state index in [9.17, 15) is 9.59 Å². The largest absolute Gasteiger partial charge is 0.484 e. The molecule has 160 valence electrons. The molecule has 2 amide bonds. The van der Waals surface area contributed by atoms with E-state index in [-0.39, 0.29) is 18.4 Å². The molecule has 1 fully saturated rings. The number of piperazine rings is 1. The maximum Gasteiger partial charge on any atom is 0.262 e. The van der Waals surface area contributed by atoms with Gasteiger partial charge in [-0.1, -0.05) is 49.4 Å². The van der Waals surface area contributed by atoms with Gasteiger partial charge in [-0.15, -0.1) is 0 Å². The second-order valence-electron chi connectivity index (χ2n) is 7.58. The van der Waals surface area contributed by atoms with Gasteiger partial charge in [-0.25, -0.2) is 0 Å². The zero-order valence-corrected chi connectivity index (χ0v) is 17.7. The number of hydrogen-bond acceptors (Lipinski definition) is 4. The van der Waals surface area contributed by atoms with Crippen molar-refractivity contribution < 1.29 is 14.3 Å². The van der Waals surface area contributed by atoms with Gasteiger partial charge >= 0.3 is 0 Å². The lowest BCUT2D eigenvalue weighted by molar-refractivity contribution is -0.131. The van der Waals surface area contributed by atoms with Gasteiger partial charge in [-0.3, -0.25) is 9.59 Å². The van der Waals surface area contributed by atoms with Gasteiger partial charge in [0.1, 0.15) is 5.75 Å². The van der Waals surface area contributed by atoms with Crippen LogP contribution in [0.4, 0.5) is 11.4 Å². The molecule has 0 radical (unpaired) electrons. The van der Waals surface area contributed by atoms with Crippen LogP contribution in [0.5, 0.6) is 5.75 Å². The average Bonchev–Trinajstić information content (AvgIpc) is 2.82. The van der Waals surface area contributed by atoms with Crippen molar-refractivity contribution in [1.29, 1.82) is 0 Å². The summed E-state index contributed by atoms with van der Waals surface area (Å²) in [4.78, 5) is 28.6. The lowest BCUT2D eigenvalue weighted by Crippen LogP contribution is -2.48. The molecule has 0 bridgehead atoms. The third-order valence-corrected chi connectivity index (χ3v) is 5.54. The quantitative estimate of drug-likeness (QED) is 0.661. The predicted molar refractivity (Wildman–Crippen MR) is 124 cm³/mol. The highest BCUT2D eigenvalue weighted by Crippen LogP contribution is 2.27. The van der Waals surface area contributed by atoms with Crippen molar-refractivity contribution in [3.05, 3.63) is 66.7 Å². The van der Waals surface area contributed by atoms with Crippen LogP contribution in [0.25, 0.3) is 10.8 Å². The van der Waals surface area contributed by atoms with Gasteiger partial charge in [0.05, 0.1) is 11.4 Å². The molecule has 0 unspecified atom stereocenters. The molecule has 0 aliphatic carbocycles. The summed E-state index contributed by atoms with van der Waals surface area (Å²) in [7, 11) is 0. The molecule has 1 aliphatic heterocycles. The van der Waals surface area contributed by atoms with Crippen LogP contribution < -0.4 is 15.0 Å². The van der Waals surface area contributed by atoms with Crippen LogP contribution in [-0.2, 0) is 9.59 Å². The number of nitrogens with zero attached hydrogens (tertiary/aromatic N) is 2. The summed E-state index contributed by atoms with van der Waals surface area (Å²) in [5.74, 6) is 0.645. The molecule has 31 heavy (non-hydrogen) atoms. The maximum atomic E-state index is 12.6. The standard InChI is InChI=1S/C25H27N3O3/c1-2-25(30)28-15-13-27(14-16-28)23-10-6-5-9-22(23)26-24(29)18-31-21-12-11-19-7-3-4-8-20(19)17-21/h3-12,17H,2,13-16,18H2,1H3,(H,26,29). The van der Waals surface area contributed by atoms with E-state index in [1.165, 1.54) is 0 Å². The Morgan fingerprint density at radius 3 is 2.39 bits per heavy atom. The van der Waals surface area contributed by atoms with Crippen LogP contribution >= 0.6 is 0 Å². The maximum absolute atomic E-state index is 12.6. The molecule has 0 aromatic heterocycles. The fraction of sp³-hybridized carbons (Fsp3) is 0.280. The molecule has 6 nitrogen and oxygen atoms in total. The van der Waals surface area contributed by atoms with Crippen molar-refractivity contribution in [1.82, 2.24) is 4.90 Å². The van der Waals surface area contributed by atoms with Crippen LogP contribution in [0.2, 0.25) is 0 Å². The second-order valence-corrected chi connectivity index (χ2v) is 7.58. The van der Waals surface area contributed by atoms with Crippen molar-refractivity contribution >= 4 is 34.0 Å². The minimum absolute atomic E-state index is 0.0640. The Hall–Kier alpha value is -3.54. The van der Waals surface area contributed by atoms with E-state index in [0.717, 1.165) is 35.2 Å². The summed E-state index contributed by atoms with van der Waals surface area (Å²) in [5.41, 5.74) is 1.72. The van der Waals surface area contributed by atoms with E-state index < -0.39 is 0 Å². The number of fused-ring (bicyclic) bond motifs is 1. The molecule has 4 rings (SSSR count). The van der Waals surface area contributed by atoms with Gasteiger partial charge in [0.25, 0.3) is 5.91 Å². The topological polar surface area (TPSA) is 61.9 Å². The fourth-order valence-corrected chi connectivity index (χ4v) is 3.87. The predicted octanol–water partition coefficient (Wildman–Crippen LogP) is 3.92. The zero-order chi connectivity index (χ0) is 21.6. The molecule has 0 atom stereocenters. The van der Waals surface area contributed by atoms with Crippen LogP contribution in [0.15, 0.2) is 66.7 Å². The first-order valence-electron chi connectivity index (χ1n) is 10.7. The number of nitrogens with one attached hydrogen (secondary N) is 1. The number of carbonyl (C=O) groups is 2. The SMILES string of the molecule is CCC(=O)N1CCN(c2ccccc2NC(=O)COc2ccc3ccccc3c2)CC1. The van der Waals surface area contributed by atoms with E-state index in [1.54, 1.807) is 0 Å². The third-order valence-electron chi connectivity index (χ3n) is 5.54. The minimum atomic E-state index is -0.208. The first kappa shape index (κ1) is 20.7. The third kappa shape index (κ3) is 4.97. The highest BCUT2D eigenvalue weighted by Gasteiger charge is 2.22. The summed E-state index contributed by atoms with van der Waals surface area (Å²) in [6, 6.07) is 21.6.